The van der Waals surface area contributed by atoms with Crippen LogP contribution in [0.15, 0.2) is 18.7 Å². The van der Waals surface area contributed by atoms with Gasteiger partial charge in [0.05, 0.1) is 13.2 Å². The number of aliphatic hydroxyl groups excluding tert-OH is 1. The van der Waals surface area contributed by atoms with Crippen LogP contribution in [0.4, 0.5) is 0 Å². The van der Waals surface area contributed by atoms with E-state index in [0.29, 0.717) is 6.54 Å². The minimum atomic E-state index is 0.206. The number of unbranched alkanes of at least 4 members (excludes halogenated alkanes) is 2. The summed E-state index contributed by atoms with van der Waals surface area (Å²) < 4.78 is 4.20. The number of hydrogen-bond donors (Lipinski definition) is 1. The second-order valence-corrected chi connectivity index (χ2v) is 4.48. The van der Waals surface area contributed by atoms with E-state index in [2.05, 4.69) is 36.1 Å². The van der Waals surface area contributed by atoms with E-state index in [0.717, 1.165) is 6.54 Å². The van der Waals surface area contributed by atoms with E-state index >= 15 is 0 Å². The lowest BCUT2D eigenvalue weighted by molar-refractivity contribution is -0.696. The molecule has 1 aromatic heterocycles. The summed E-state index contributed by atoms with van der Waals surface area (Å²) >= 11 is 0. The number of aliphatic hydroxyl groups is 1. The van der Waals surface area contributed by atoms with Crippen molar-refractivity contribution in [2.24, 2.45) is 0 Å². The van der Waals surface area contributed by atoms with Crippen molar-refractivity contribution in [2.75, 3.05) is 27.2 Å². The lowest BCUT2D eigenvalue weighted by atomic mass is 10.2. The highest BCUT2D eigenvalue weighted by atomic mass is 16.3. The molecule has 0 amide bonds. The van der Waals surface area contributed by atoms with Crippen molar-refractivity contribution in [2.45, 2.75) is 32.4 Å². The molecule has 4 nitrogen and oxygen atoms in total. The highest BCUT2D eigenvalue weighted by molar-refractivity contribution is 4.65. The van der Waals surface area contributed by atoms with E-state index in [1.807, 2.05) is 10.8 Å². The number of aryl methyl sites for hydroxylation is 1. The molecule has 0 spiro atoms. The second kappa shape index (κ2) is 7.41. The number of hydrogen-bond acceptors (Lipinski definition) is 2. The van der Waals surface area contributed by atoms with Gasteiger partial charge >= 0.3 is 0 Å². The maximum Gasteiger partial charge on any atom is 0.243 e. The van der Waals surface area contributed by atoms with E-state index in [9.17, 15) is 0 Å². The lowest BCUT2D eigenvalue weighted by Gasteiger charge is -2.07. The zero-order valence-corrected chi connectivity index (χ0v) is 10.5. The summed E-state index contributed by atoms with van der Waals surface area (Å²) in [5.74, 6) is 0. The van der Waals surface area contributed by atoms with Crippen LogP contribution in [0.5, 0.6) is 0 Å². The van der Waals surface area contributed by atoms with Crippen LogP contribution in [0.1, 0.15) is 19.3 Å². The fourth-order valence-corrected chi connectivity index (χ4v) is 1.72. The van der Waals surface area contributed by atoms with Gasteiger partial charge in [0, 0.05) is 0 Å². The molecule has 0 bridgehead atoms. The minimum Gasteiger partial charge on any atom is -0.392 e. The molecule has 0 aliphatic heterocycles. The molecule has 4 heteroatoms. The monoisotopic (exact) mass is 226 g/mol. The largest absolute Gasteiger partial charge is 0.392 e. The van der Waals surface area contributed by atoms with Crippen LogP contribution in [0.3, 0.4) is 0 Å². The van der Waals surface area contributed by atoms with Crippen LogP contribution in [-0.4, -0.2) is 41.8 Å². The van der Waals surface area contributed by atoms with Gasteiger partial charge in [0.15, 0.2) is 0 Å². The smallest absolute Gasteiger partial charge is 0.243 e. The van der Waals surface area contributed by atoms with Crippen LogP contribution in [0.25, 0.3) is 0 Å². The zero-order valence-electron chi connectivity index (χ0n) is 10.5. The van der Waals surface area contributed by atoms with Crippen LogP contribution < -0.4 is 4.57 Å². The first kappa shape index (κ1) is 13.2. The van der Waals surface area contributed by atoms with E-state index in [1.54, 1.807) is 0 Å². The van der Waals surface area contributed by atoms with Gasteiger partial charge in [-0.1, -0.05) is 0 Å². The van der Waals surface area contributed by atoms with Gasteiger partial charge in [-0.3, -0.25) is 0 Å². The van der Waals surface area contributed by atoms with Gasteiger partial charge in [0.2, 0.25) is 6.33 Å². The molecule has 1 heterocycles. The third kappa shape index (κ3) is 5.28. The molecule has 0 aliphatic rings. The van der Waals surface area contributed by atoms with Crippen LogP contribution in [0.2, 0.25) is 0 Å². The maximum absolute atomic E-state index is 8.79. The summed E-state index contributed by atoms with van der Waals surface area (Å²) in [5, 5.41) is 8.79. The molecule has 0 saturated heterocycles. The van der Waals surface area contributed by atoms with Crippen molar-refractivity contribution < 1.29 is 9.67 Å². The van der Waals surface area contributed by atoms with Crippen molar-refractivity contribution >= 4 is 0 Å². The summed E-state index contributed by atoms with van der Waals surface area (Å²) in [6, 6.07) is 0. The second-order valence-electron chi connectivity index (χ2n) is 4.48. The first-order valence-electron chi connectivity index (χ1n) is 6.03. The van der Waals surface area contributed by atoms with Crippen LogP contribution >= 0.6 is 0 Å². The Hall–Kier alpha value is -0.870. The number of rotatable bonds is 8. The van der Waals surface area contributed by atoms with Gasteiger partial charge in [-0.05, 0) is 39.9 Å². The molecule has 0 atom stereocenters. The SMILES string of the molecule is CN(C)CCCCC[n+]1ccn(CCO)c1. The fourth-order valence-electron chi connectivity index (χ4n) is 1.72. The summed E-state index contributed by atoms with van der Waals surface area (Å²) in [5.41, 5.74) is 0. The fraction of sp³-hybridized carbons (Fsp3) is 0.750. The standard InChI is InChI=1S/C12H24N3O/c1-13(2)6-4-3-5-7-14-8-9-15(12-14)10-11-16/h8-9,12,16H,3-7,10-11H2,1-2H3/q+1. The normalized spacial score (nSPS) is 11.2. The highest BCUT2D eigenvalue weighted by Crippen LogP contribution is 1.96. The van der Waals surface area contributed by atoms with E-state index in [1.165, 1.54) is 25.8 Å². The Balaban J connectivity index is 2.12. The van der Waals surface area contributed by atoms with Gasteiger partial charge in [-0.25, -0.2) is 9.13 Å². The first-order valence-corrected chi connectivity index (χ1v) is 6.03. The van der Waals surface area contributed by atoms with Gasteiger partial charge in [0.25, 0.3) is 0 Å². The topological polar surface area (TPSA) is 32.3 Å². The van der Waals surface area contributed by atoms with Crippen molar-refractivity contribution in [3.8, 4) is 0 Å². The molecule has 0 aromatic carbocycles. The molecule has 0 saturated carbocycles. The lowest BCUT2D eigenvalue weighted by Crippen LogP contribution is -2.31. The van der Waals surface area contributed by atoms with E-state index < -0.39 is 0 Å². The maximum atomic E-state index is 8.79. The Kier molecular flexibility index (Phi) is 6.11. The first-order chi connectivity index (χ1) is 7.72. The number of imidazole rings is 1. The number of nitrogens with zero attached hydrogens (tertiary/aromatic N) is 3. The Labute approximate surface area is 98.1 Å². The summed E-state index contributed by atoms with van der Waals surface area (Å²) in [4.78, 5) is 2.23. The Morgan fingerprint density at radius 3 is 2.75 bits per heavy atom. The molecular formula is C12H24N3O+. The molecule has 0 radical (unpaired) electrons. The number of aromatic nitrogens is 2. The van der Waals surface area contributed by atoms with Crippen LogP contribution in [0, 0.1) is 0 Å². The average Bonchev–Trinajstić information content (AvgIpc) is 2.65. The molecule has 1 N–H and O–H groups in total. The van der Waals surface area contributed by atoms with Gasteiger partial charge < -0.3 is 10.0 Å². The van der Waals surface area contributed by atoms with E-state index in [-0.39, 0.29) is 6.61 Å². The Morgan fingerprint density at radius 1 is 1.25 bits per heavy atom. The quantitative estimate of drug-likeness (QED) is 0.517. The van der Waals surface area contributed by atoms with Gasteiger partial charge in [-0.2, -0.15) is 0 Å². The summed E-state index contributed by atoms with van der Waals surface area (Å²) in [7, 11) is 4.23. The molecule has 1 rings (SSSR count). The summed E-state index contributed by atoms with van der Waals surface area (Å²) in [6.45, 7) is 3.15. The zero-order chi connectivity index (χ0) is 11.8. The molecular weight excluding hydrogens is 202 g/mol. The molecule has 0 aliphatic carbocycles. The predicted molar refractivity (Wildman–Crippen MR) is 64.1 cm³/mol. The van der Waals surface area contributed by atoms with Crippen molar-refractivity contribution in [3.63, 3.8) is 0 Å². The Bertz CT molecular complexity index is 284. The van der Waals surface area contributed by atoms with E-state index in [4.69, 9.17) is 5.11 Å². The molecule has 16 heavy (non-hydrogen) atoms. The highest BCUT2D eigenvalue weighted by Gasteiger charge is 2.02. The van der Waals surface area contributed by atoms with Gasteiger partial charge in [0.1, 0.15) is 18.9 Å². The summed E-state index contributed by atoms with van der Waals surface area (Å²) in [6.07, 6.45) is 9.91. The van der Waals surface area contributed by atoms with Crippen molar-refractivity contribution in [1.82, 2.24) is 9.47 Å². The van der Waals surface area contributed by atoms with Gasteiger partial charge in [-0.15, -0.1) is 0 Å². The third-order valence-corrected chi connectivity index (χ3v) is 2.63. The van der Waals surface area contributed by atoms with Crippen molar-refractivity contribution in [1.29, 1.82) is 0 Å². The third-order valence-electron chi connectivity index (χ3n) is 2.63. The minimum absolute atomic E-state index is 0.206. The molecule has 92 valence electrons. The average molecular weight is 226 g/mol. The Morgan fingerprint density at radius 2 is 2.06 bits per heavy atom. The van der Waals surface area contributed by atoms with Crippen molar-refractivity contribution in [3.05, 3.63) is 18.7 Å². The molecule has 1 aromatic rings. The molecule has 0 fully saturated rings. The molecule has 0 unspecified atom stereocenters. The van der Waals surface area contributed by atoms with Crippen LogP contribution in [-0.2, 0) is 13.1 Å². The predicted octanol–water partition coefficient (Wildman–Crippen LogP) is 0.500.